The minimum atomic E-state index is -0.428. The van der Waals surface area contributed by atoms with Gasteiger partial charge in [-0.2, -0.15) is 0 Å². The zero-order valence-corrected chi connectivity index (χ0v) is 15.5. The molecule has 4 aliphatic carbocycles. The molecule has 2 aromatic rings. The summed E-state index contributed by atoms with van der Waals surface area (Å²) in [6.07, 6.45) is 5.50. The molecule has 6 atom stereocenters. The summed E-state index contributed by atoms with van der Waals surface area (Å²) >= 11 is 0. The molecular formula is C23H18N2O4. The quantitative estimate of drug-likeness (QED) is 0.348. The third kappa shape index (κ3) is 2.23. The molecule has 2 aromatic carbocycles. The third-order valence-electron chi connectivity index (χ3n) is 7.20. The van der Waals surface area contributed by atoms with E-state index in [1.807, 2.05) is 12.1 Å². The maximum atomic E-state index is 13.2. The van der Waals surface area contributed by atoms with Gasteiger partial charge in [0.05, 0.1) is 22.4 Å². The van der Waals surface area contributed by atoms with E-state index in [2.05, 4.69) is 12.2 Å². The Bertz CT molecular complexity index is 1050. The molecule has 144 valence electrons. The number of hydrogen-bond acceptors (Lipinski definition) is 4. The fourth-order valence-electron chi connectivity index (χ4n) is 5.79. The number of carbonyl (C=O) groups excluding carboxylic acids is 2. The number of nitrogens with zero attached hydrogens (tertiary/aromatic N) is 2. The second-order valence-corrected chi connectivity index (χ2v) is 8.52. The zero-order valence-electron chi connectivity index (χ0n) is 15.5. The van der Waals surface area contributed by atoms with Crippen LogP contribution in [-0.4, -0.2) is 16.7 Å². The Balaban J connectivity index is 1.29. The van der Waals surface area contributed by atoms with Gasteiger partial charge in [-0.3, -0.25) is 24.6 Å². The second kappa shape index (κ2) is 5.63. The molecule has 0 unspecified atom stereocenters. The van der Waals surface area contributed by atoms with E-state index in [1.165, 1.54) is 17.0 Å². The summed E-state index contributed by atoms with van der Waals surface area (Å²) in [5.74, 6) is 1.10. The molecule has 2 saturated carbocycles. The minimum absolute atomic E-state index is 0.0440. The summed E-state index contributed by atoms with van der Waals surface area (Å²) in [6.45, 7) is 0. The van der Waals surface area contributed by atoms with E-state index in [1.54, 1.807) is 24.3 Å². The van der Waals surface area contributed by atoms with Crippen LogP contribution in [0, 0.1) is 45.6 Å². The van der Waals surface area contributed by atoms with Crippen LogP contribution in [0.25, 0.3) is 11.1 Å². The molecule has 29 heavy (non-hydrogen) atoms. The highest BCUT2D eigenvalue weighted by atomic mass is 16.6. The molecule has 3 fully saturated rings. The van der Waals surface area contributed by atoms with E-state index >= 15 is 0 Å². The molecule has 0 aromatic heterocycles. The van der Waals surface area contributed by atoms with Crippen molar-refractivity contribution in [3.05, 3.63) is 70.8 Å². The Labute approximate surface area is 167 Å². The van der Waals surface area contributed by atoms with Gasteiger partial charge in [0.15, 0.2) is 0 Å². The Hall–Kier alpha value is -3.28. The average molecular weight is 386 g/mol. The first-order valence-corrected chi connectivity index (χ1v) is 9.95. The Morgan fingerprint density at radius 2 is 1.28 bits per heavy atom. The van der Waals surface area contributed by atoms with Gasteiger partial charge in [-0.05, 0) is 65.5 Å². The van der Waals surface area contributed by atoms with Crippen LogP contribution >= 0.6 is 0 Å². The molecule has 1 aliphatic heterocycles. The molecule has 6 heteroatoms. The molecule has 1 heterocycles. The van der Waals surface area contributed by atoms with Crippen LogP contribution in [0.3, 0.4) is 0 Å². The summed E-state index contributed by atoms with van der Waals surface area (Å²) in [4.78, 5) is 38.1. The van der Waals surface area contributed by atoms with Crippen molar-refractivity contribution in [3.63, 3.8) is 0 Å². The number of non-ortho nitro benzene ring substituents is 1. The molecular weight excluding hydrogens is 368 g/mol. The number of amides is 2. The van der Waals surface area contributed by atoms with Crippen molar-refractivity contribution in [2.75, 3.05) is 4.90 Å². The normalized spacial score (nSPS) is 33.6. The smallest absolute Gasteiger partial charge is 0.269 e. The minimum Gasteiger partial charge on any atom is -0.274 e. The Morgan fingerprint density at radius 3 is 1.76 bits per heavy atom. The van der Waals surface area contributed by atoms with Gasteiger partial charge in [-0.15, -0.1) is 0 Å². The lowest BCUT2D eigenvalue weighted by atomic mass is 9.63. The number of rotatable bonds is 3. The average Bonchev–Trinajstić information content (AvgIpc) is 3.52. The monoisotopic (exact) mass is 386 g/mol. The molecule has 2 bridgehead atoms. The van der Waals surface area contributed by atoms with E-state index in [0.717, 1.165) is 17.5 Å². The fourth-order valence-corrected chi connectivity index (χ4v) is 5.79. The summed E-state index contributed by atoms with van der Waals surface area (Å²) in [7, 11) is 0. The van der Waals surface area contributed by atoms with Gasteiger partial charge >= 0.3 is 0 Å². The molecule has 1 saturated heterocycles. The molecule has 7 rings (SSSR count). The molecule has 0 N–H and O–H groups in total. The van der Waals surface area contributed by atoms with Gasteiger partial charge in [0, 0.05) is 12.1 Å². The lowest BCUT2D eigenvalue weighted by Gasteiger charge is -2.37. The van der Waals surface area contributed by atoms with Gasteiger partial charge in [-0.25, -0.2) is 0 Å². The highest BCUT2D eigenvalue weighted by Crippen LogP contribution is 2.65. The van der Waals surface area contributed by atoms with Crippen molar-refractivity contribution in [2.45, 2.75) is 6.42 Å². The van der Waals surface area contributed by atoms with Crippen molar-refractivity contribution in [1.82, 2.24) is 0 Å². The topological polar surface area (TPSA) is 80.5 Å². The van der Waals surface area contributed by atoms with E-state index in [-0.39, 0.29) is 41.2 Å². The second-order valence-electron chi connectivity index (χ2n) is 8.52. The number of nitro groups is 1. The van der Waals surface area contributed by atoms with Crippen molar-refractivity contribution in [2.24, 2.45) is 35.5 Å². The SMILES string of the molecule is O=C1[C@@H]2[C@H]3C=C[C@@H]([C@@H]4C[C@H]34)[C@@H]2C(=O)N1c1ccc(-c2ccc([N+](=O)[O-])cc2)cc1. The van der Waals surface area contributed by atoms with Crippen molar-refractivity contribution < 1.29 is 14.5 Å². The van der Waals surface area contributed by atoms with Gasteiger partial charge in [0.2, 0.25) is 11.8 Å². The molecule has 0 radical (unpaired) electrons. The van der Waals surface area contributed by atoms with Crippen molar-refractivity contribution in [3.8, 4) is 11.1 Å². The predicted molar refractivity (Wildman–Crippen MR) is 106 cm³/mol. The molecule has 0 spiro atoms. The van der Waals surface area contributed by atoms with Crippen molar-refractivity contribution in [1.29, 1.82) is 0 Å². The lowest BCUT2D eigenvalue weighted by molar-refractivity contribution is -0.384. The maximum Gasteiger partial charge on any atom is 0.269 e. The molecule has 2 amide bonds. The third-order valence-corrected chi connectivity index (χ3v) is 7.20. The lowest BCUT2D eigenvalue weighted by Crippen LogP contribution is -2.40. The summed E-state index contributed by atoms with van der Waals surface area (Å²) in [6, 6.07) is 13.6. The number of nitro benzene ring substituents is 1. The predicted octanol–water partition coefficient (Wildman–Crippen LogP) is 3.82. The Morgan fingerprint density at radius 1 is 0.793 bits per heavy atom. The van der Waals surface area contributed by atoms with Crippen molar-refractivity contribution >= 4 is 23.2 Å². The van der Waals surface area contributed by atoms with Gasteiger partial charge in [0.1, 0.15) is 0 Å². The number of benzene rings is 2. The largest absolute Gasteiger partial charge is 0.274 e. The van der Waals surface area contributed by atoms with Crippen LogP contribution in [0.15, 0.2) is 60.7 Å². The van der Waals surface area contributed by atoms with E-state index in [0.29, 0.717) is 17.5 Å². The van der Waals surface area contributed by atoms with Gasteiger partial charge in [-0.1, -0.05) is 24.3 Å². The van der Waals surface area contributed by atoms with Crippen LogP contribution in [0.2, 0.25) is 0 Å². The number of anilines is 1. The first kappa shape index (κ1) is 16.7. The number of hydrogen-bond donors (Lipinski definition) is 0. The van der Waals surface area contributed by atoms with E-state index in [4.69, 9.17) is 0 Å². The Kier molecular flexibility index (Phi) is 3.23. The first-order chi connectivity index (χ1) is 14.0. The first-order valence-electron chi connectivity index (χ1n) is 9.95. The van der Waals surface area contributed by atoms with Crippen LogP contribution < -0.4 is 4.90 Å². The fraction of sp³-hybridized carbons (Fsp3) is 0.304. The van der Waals surface area contributed by atoms with Gasteiger partial charge < -0.3 is 0 Å². The number of imide groups is 1. The summed E-state index contributed by atoms with van der Waals surface area (Å²) in [5.41, 5.74) is 2.37. The number of allylic oxidation sites excluding steroid dienone is 2. The summed E-state index contributed by atoms with van der Waals surface area (Å²) < 4.78 is 0. The molecule has 6 nitrogen and oxygen atoms in total. The number of carbonyl (C=O) groups is 2. The summed E-state index contributed by atoms with van der Waals surface area (Å²) in [5, 5.41) is 10.8. The zero-order chi connectivity index (χ0) is 19.9. The van der Waals surface area contributed by atoms with Crippen LogP contribution in [0.5, 0.6) is 0 Å². The standard InChI is InChI=1S/C23H18N2O4/c26-22-20-16-9-10-17(19-11-18(16)19)21(20)23(27)24(22)14-5-1-12(2-6-14)13-3-7-15(8-4-13)25(28)29/h1-10,16-21H,11H2/t16-,17-,18-,19+,20-,21+/m0/s1. The molecule has 5 aliphatic rings. The van der Waals surface area contributed by atoms with Gasteiger partial charge in [0.25, 0.3) is 5.69 Å². The van der Waals surface area contributed by atoms with Crippen LogP contribution in [0.1, 0.15) is 6.42 Å². The van der Waals surface area contributed by atoms with E-state index < -0.39 is 4.92 Å². The van der Waals surface area contributed by atoms with Crippen LogP contribution in [-0.2, 0) is 9.59 Å². The maximum absolute atomic E-state index is 13.2. The highest BCUT2D eigenvalue weighted by Gasteiger charge is 2.67. The van der Waals surface area contributed by atoms with Crippen LogP contribution in [0.4, 0.5) is 11.4 Å². The highest BCUT2D eigenvalue weighted by molar-refractivity contribution is 6.22. The van der Waals surface area contributed by atoms with E-state index in [9.17, 15) is 19.7 Å².